The van der Waals surface area contributed by atoms with Gasteiger partial charge >= 0.3 is 0 Å². The van der Waals surface area contributed by atoms with E-state index >= 15 is 0 Å². The molecule has 0 aliphatic rings. The van der Waals surface area contributed by atoms with E-state index in [0.29, 0.717) is 0 Å². The molecule has 2 heteroatoms. The minimum atomic E-state index is 0.940. The highest BCUT2D eigenvalue weighted by atomic mass is 32.1. The summed E-state index contributed by atoms with van der Waals surface area (Å²) < 4.78 is 9.10. The van der Waals surface area contributed by atoms with Gasteiger partial charge in [-0.2, -0.15) is 0 Å². The molecule has 0 amide bonds. The molecule has 0 N–H and O–H groups in total. The highest BCUT2D eigenvalue weighted by Gasteiger charge is 2.21. The van der Waals surface area contributed by atoms with E-state index in [2.05, 4.69) is 146 Å². The number of fused-ring (bicyclic) bond motifs is 12. The minimum absolute atomic E-state index is 0.940. The predicted octanol–water partition coefficient (Wildman–Crippen LogP) is 12.7. The van der Waals surface area contributed by atoms with Gasteiger partial charge in [-0.15, -0.1) is 11.3 Å². The lowest BCUT2D eigenvalue weighted by Crippen LogP contribution is -1.90. The maximum Gasteiger partial charge on any atom is 0.144 e. The first-order chi connectivity index (χ1) is 21.8. The highest BCUT2D eigenvalue weighted by Crippen LogP contribution is 2.49. The van der Waals surface area contributed by atoms with Crippen molar-refractivity contribution in [3.63, 3.8) is 0 Å². The lowest BCUT2D eigenvalue weighted by Gasteiger charge is -2.17. The van der Waals surface area contributed by atoms with E-state index in [1.165, 1.54) is 85.5 Å². The van der Waals surface area contributed by atoms with E-state index < -0.39 is 0 Å². The van der Waals surface area contributed by atoms with Crippen LogP contribution in [0.2, 0.25) is 0 Å². The Bertz CT molecular complexity index is 2710. The Morgan fingerprint density at radius 3 is 1.61 bits per heavy atom. The molecule has 0 unspecified atom stereocenters. The second-order valence-corrected chi connectivity index (χ2v) is 12.6. The van der Waals surface area contributed by atoms with Crippen LogP contribution in [0.15, 0.2) is 150 Å². The van der Waals surface area contributed by atoms with Crippen LogP contribution in [0.25, 0.3) is 96.7 Å². The first-order valence-electron chi connectivity index (χ1n) is 15.0. The number of para-hydroxylation sites is 1. The molecule has 0 aliphatic carbocycles. The minimum Gasteiger partial charge on any atom is -0.455 e. The standard InChI is InChI=1S/C42H24OS/c1-2-12-25(13-3-1)37-27-14-4-6-16-29(27)38(30-17-7-5-15-28(30)37)26-22-23-36-34(24-26)39-31-18-8-9-19-32(31)41-40(42(39)44-36)33-20-10-11-21-35(33)43-41/h1-24H. The molecule has 0 atom stereocenters. The number of thiophene rings is 1. The Morgan fingerprint density at radius 2 is 0.932 bits per heavy atom. The van der Waals surface area contributed by atoms with E-state index in [1.54, 1.807) is 0 Å². The summed E-state index contributed by atoms with van der Waals surface area (Å²) >= 11 is 1.88. The molecule has 0 bridgehead atoms. The number of furan rings is 1. The zero-order chi connectivity index (χ0) is 28.8. The molecule has 10 rings (SSSR count). The van der Waals surface area contributed by atoms with E-state index in [-0.39, 0.29) is 0 Å². The molecule has 2 heterocycles. The van der Waals surface area contributed by atoms with Crippen LogP contribution in [-0.4, -0.2) is 0 Å². The van der Waals surface area contributed by atoms with Crippen molar-refractivity contribution in [1.29, 1.82) is 0 Å². The predicted molar refractivity (Wildman–Crippen MR) is 190 cm³/mol. The lowest BCUT2D eigenvalue weighted by atomic mass is 9.85. The van der Waals surface area contributed by atoms with Crippen LogP contribution in [0.3, 0.4) is 0 Å². The fourth-order valence-corrected chi connectivity index (χ4v) is 8.67. The second kappa shape index (κ2) is 9.03. The van der Waals surface area contributed by atoms with Crippen molar-refractivity contribution in [2.45, 2.75) is 0 Å². The monoisotopic (exact) mass is 576 g/mol. The summed E-state index contributed by atoms with van der Waals surface area (Å²) in [6.07, 6.45) is 0. The Hall–Kier alpha value is -5.44. The molecule has 8 aromatic carbocycles. The van der Waals surface area contributed by atoms with E-state index in [4.69, 9.17) is 4.42 Å². The quantitative estimate of drug-likeness (QED) is 0.187. The SMILES string of the molecule is c1ccc(-c2c3ccccc3c(-c3ccc4sc5c(c4c3)c3ccccc3c3oc4ccccc4c35)c3ccccc23)cc1. The van der Waals surface area contributed by atoms with Gasteiger partial charge in [0.25, 0.3) is 0 Å². The number of hydrogen-bond donors (Lipinski definition) is 0. The molecular formula is C42H24OS. The molecular weight excluding hydrogens is 553 g/mol. The molecule has 204 valence electrons. The highest BCUT2D eigenvalue weighted by molar-refractivity contribution is 7.27. The van der Waals surface area contributed by atoms with E-state index in [0.717, 1.165) is 11.2 Å². The molecule has 0 saturated carbocycles. The van der Waals surface area contributed by atoms with Gasteiger partial charge in [0.1, 0.15) is 11.2 Å². The second-order valence-electron chi connectivity index (χ2n) is 11.6. The van der Waals surface area contributed by atoms with Crippen LogP contribution >= 0.6 is 11.3 Å². The third kappa shape index (κ3) is 3.23. The molecule has 0 spiro atoms. The van der Waals surface area contributed by atoms with Crippen LogP contribution in [0.4, 0.5) is 0 Å². The van der Waals surface area contributed by atoms with Gasteiger partial charge in [-0.3, -0.25) is 0 Å². The maximum absolute atomic E-state index is 6.51. The van der Waals surface area contributed by atoms with Crippen molar-refractivity contribution < 1.29 is 4.42 Å². The van der Waals surface area contributed by atoms with Crippen molar-refractivity contribution in [3.05, 3.63) is 146 Å². The normalized spacial score (nSPS) is 12.1. The fraction of sp³-hybridized carbons (Fsp3) is 0. The molecule has 10 aromatic rings. The third-order valence-electron chi connectivity index (χ3n) is 9.23. The van der Waals surface area contributed by atoms with Crippen LogP contribution < -0.4 is 0 Å². The number of benzene rings is 8. The van der Waals surface area contributed by atoms with Gasteiger partial charge in [0, 0.05) is 36.3 Å². The van der Waals surface area contributed by atoms with Crippen molar-refractivity contribution in [2.24, 2.45) is 0 Å². The summed E-state index contributed by atoms with van der Waals surface area (Å²) in [5.74, 6) is 0. The van der Waals surface area contributed by atoms with Gasteiger partial charge in [-0.1, -0.05) is 127 Å². The van der Waals surface area contributed by atoms with Crippen molar-refractivity contribution in [3.8, 4) is 22.3 Å². The van der Waals surface area contributed by atoms with Gasteiger partial charge in [-0.05, 0) is 67.4 Å². The summed E-state index contributed by atoms with van der Waals surface area (Å²) in [6.45, 7) is 0. The number of hydrogen-bond acceptors (Lipinski definition) is 2. The Kier molecular flexibility index (Phi) is 4.94. The van der Waals surface area contributed by atoms with Crippen LogP contribution in [-0.2, 0) is 0 Å². The summed E-state index contributed by atoms with van der Waals surface area (Å²) in [6, 6.07) is 52.8. The Morgan fingerprint density at radius 1 is 0.386 bits per heavy atom. The molecule has 0 radical (unpaired) electrons. The molecule has 1 nitrogen and oxygen atoms in total. The van der Waals surface area contributed by atoms with Crippen molar-refractivity contribution in [2.75, 3.05) is 0 Å². The van der Waals surface area contributed by atoms with Gasteiger partial charge in [0.15, 0.2) is 0 Å². The summed E-state index contributed by atoms with van der Waals surface area (Å²) in [5, 5.41) is 12.5. The average molecular weight is 577 g/mol. The van der Waals surface area contributed by atoms with Gasteiger partial charge < -0.3 is 4.42 Å². The van der Waals surface area contributed by atoms with Crippen molar-refractivity contribution >= 4 is 85.8 Å². The Balaban J connectivity index is 1.36. The largest absolute Gasteiger partial charge is 0.455 e. The summed E-state index contributed by atoms with van der Waals surface area (Å²) in [7, 11) is 0. The number of rotatable bonds is 2. The Labute approximate surface area is 257 Å². The van der Waals surface area contributed by atoms with Gasteiger partial charge in [0.05, 0.1) is 0 Å². The molecule has 0 fully saturated rings. The third-order valence-corrected chi connectivity index (χ3v) is 10.4. The first-order valence-corrected chi connectivity index (χ1v) is 15.8. The molecule has 0 aliphatic heterocycles. The first kappa shape index (κ1) is 24.0. The zero-order valence-electron chi connectivity index (χ0n) is 23.7. The van der Waals surface area contributed by atoms with Gasteiger partial charge in [-0.25, -0.2) is 0 Å². The van der Waals surface area contributed by atoms with Crippen LogP contribution in [0, 0.1) is 0 Å². The molecule has 0 saturated heterocycles. The summed E-state index contributed by atoms with van der Waals surface area (Å²) in [5.41, 5.74) is 6.99. The topological polar surface area (TPSA) is 13.1 Å². The fourth-order valence-electron chi connectivity index (χ4n) is 7.41. The molecule has 44 heavy (non-hydrogen) atoms. The van der Waals surface area contributed by atoms with E-state index in [9.17, 15) is 0 Å². The maximum atomic E-state index is 6.51. The van der Waals surface area contributed by atoms with Gasteiger partial charge in [0.2, 0.25) is 0 Å². The smallest absolute Gasteiger partial charge is 0.144 e. The van der Waals surface area contributed by atoms with E-state index in [1.807, 2.05) is 11.3 Å². The summed E-state index contributed by atoms with van der Waals surface area (Å²) in [4.78, 5) is 0. The zero-order valence-corrected chi connectivity index (χ0v) is 24.5. The molecule has 2 aromatic heterocycles. The van der Waals surface area contributed by atoms with Crippen molar-refractivity contribution in [1.82, 2.24) is 0 Å². The van der Waals surface area contributed by atoms with Crippen LogP contribution in [0.1, 0.15) is 0 Å². The van der Waals surface area contributed by atoms with Crippen LogP contribution in [0.5, 0.6) is 0 Å². The lowest BCUT2D eigenvalue weighted by molar-refractivity contribution is 0.673. The average Bonchev–Trinajstić information content (AvgIpc) is 3.66.